The molecule has 1 aliphatic heterocycles. The van der Waals surface area contributed by atoms with Crippen LogP contribution in [0, 0.1) is 17.6 Å². The van der Waals surface area contributed by atoms with Gasteiger partial charge in [-0.2, -0.15) is 0 Å². The predicted molar refractivity (Wildman–Crippen MR) is 66.2 cm³/mol. The van der Waals surface area contributed by atoms with Crippen LogP contribution in [0.5, 0.6) is 0 Å². The third-order valence-corrected chi connectivity index (χ3v) is 3.64. The Labute approximate surface area is 106 Å². The minimum atomic E-state index is -1.10. The molecule has 0 bridgehead atoms. The smallest absolute Gasteiger partial charge is 0.131 e. The van der Waals surface area contributed by atoms with E-state index in [1.54, 1.807) is 0 Å². The van der Waals surface area contributed by atoms with Crippen molar-refractivity contribution in [3.8, 4) is 0 Å². The summed E-state index contributed by atoms with van der Waals surface area (Å²) in [6.07, 6.45) is 1.05. The van der Waals surface area contributed by atoms with Gasteiger partial charge in [-0.1, -0.05) is 13.0 Å². The quantitative estimate of drug-likeness (QED) is 0.897. The second-order valence-corrected chi connectivity index (χ2v) is 5.13. The molecule has 1 fully saturated rings. The lowest BCUT2D eigenvalue weighted by molar-refractivity contribution is 0.0867. The number of hydrogen-bond acceptors (Lipinski definition) is 2. The first-order chi connectivity index (χ1) is 8.58. The molecule has 0 spiro atoms. The lowest BCUT2D eigenvalue weighted by atomic mass is 9.98. The predicted octanol–water partition coefficient (Wildman–Crippen LogP) is 2.73. The molecule has 0 amide bonds. The minimum Gasteiger partial charge on any atom is -0.387 e. The SMILES string of the molecule is CC1CCN(CC(O)c2c(F)cccc2F)CC1. The highest BCUT2D eigenvalue weighted by molar-refractivity contribution is 5.22. The average Bonchev–Trinajstić information content (AvgIpc) is 2.32. The van der Waals surface area contributed by atoms with E-state index in [1.165, 1.54) is 18.2 Å². The van der Waals surface area contributed by atoms with Gasteiger partial charge in [-0.15, -0.1) is 0 Å². The number of halogens is 2. The maximum atomic E-state index is 13.5. The monoisotopic (exact) mass is 255 g/mol. The molecule has 2 nitrogen and oxygen atoms in total. The molecule has 1 aromatic rings. The molecule has 0 aliphatic carbocycles. The number of hydrogen-bond donors (Lipinski definition) is 1. The van der Waals surface area contributed by atoms with E-state index in [9.17, 15) is 13.9 Å². The Balaban J connectivity index is 2.01. The number of aliphatic hydroxyl groups is 1. The van der Waals surface area contributed by atoms with Crippen LogP contribution in [-0.4, -0.2) is 29.6 Å². The van der Waals surface area contributed by atoms with Gasteiger partial charge in [0.05, 0.1) is 11.7 Å². The standard InChI is InChI=1S/C14H19F2NO/c1-10-5-7-17(8-6-10)9-13(18)14-11(15)3-2-4-12(14)16/h2-4,10,13,18H,5-9H2,1H3. The Morgan fingerprint density at radius 3 is 2.39 bits per heavy atom. The molecule has 100 valence electrons. The number of benzene rings is 1. The van der Waals surface area contributed by atoms with Crippen molar-refractivity contribution in [3.05, 3.63) is 35.4 Å². The molecule has 1 saturated heterocycles. The second-order valence-electron chi connectivity index (χ2n) is 5.13. The van der Waals surface area contributed by atoms with Gasteiger partial charge in [-0.05, 0) is 44.0 Å². The van der Waals surface area contributed by atoms with Crippen molar-refractivity contribution in [2.24, 2.45) is 5.92 Å². The van der Waals surface area contributed by atoms with Gasteiger partial charge < -0.3 is 10.0 Å². The Hall–Kier alpha value is -1.00. The zero-order chi connectivity index (χ0) is 13.1. The summed E-state index contributed by atoms with van der Waals surface area (Å²) in [6, 6.07) is 3.67. The lowest BCUT2D eigenvalue weighted by Crippen LogP contribution is -2.36. The van der Waals surface area contributed by atoms with Gasteiger partial charge in [0.2, 0.25) is 0 Å². The van der Waals surface area contributed by atoms with Crippen molar-refractivity contribution >= 4 is 0 Å². The largest absolute Gasteiger partial charge is 0.387 e. The van der Waals surface area contributed by atoms with Gasteiger partial charge in [-0.3, -0.25) is 0 Å². The highest BCUT2D eigenvalue weighted by Crippen LogP contribution is 2.23. The molecular weight excluding hydrogens is 236 g/mol. The fourth-order valence-electron chi connectivity index (χ4n) is 2.41. The van der Waals surface area contributed by atoms with Gasteiger partial charge in [-0.25, -0.2) is 8.78 Å². The molecule has 1 unspecified atom stereocenters. The van der Waals surface area contributed by atoms with E-state index in [-0.39, 0.29) is 5.56 Å². The average molecular weight is 255 g/mol. The van der Waals surface area contributed by atoms with Gasteiger partial charge in [0.25, 0.3) is 0 Å². The van der Waals surface area contributed by atoms with Crippen LogP contribution in [0.3, 0.4) is 0 Å². The van der Waals surface area contributed by atoms with E-state index in [1.807, 2.05) is 0 Å². The van der Waals surface area contributed by atoms with Crippen molar-refractivity contribution in [1.29, 1.82) is 0 Å². The van der Waals surface area contributed by atoms with Crippen LogP contribution < -0.4 is 0 Å². The number of nitrogens with zero attached hydrogens (tertiary/aromatic N) is 1. The first-order valence-corrected chi connectivity index (χ1v) is 6.42. The van der Waals surface area contributed by atoms with Crippen LogP contribution in [0.25, 0.3) is 0 Å². The first-order valence-electron chi connectivity index (χ1n) is 6.42. The normalized spacial score (nSPS) is 20.0. The molecule has 18 heavy (non-hydrogen) atoms. The molecular formula is C14H19F2NO. The number of rotatable bonds is 3. The molecule has 1 atom stereocenters. The zero-order valence-electron chi connectivity index (χ0n) is 10.6. The maximum Gasteiger partial charge on any atom is 0.131 e. The van der Waals surface area contributed by atoms with E-state index in [0.717, 1.165) is 25.9 Å². The van der Waals surface area contributed by atoms with Crippen LogP contribution in [0.15, 0.2) is 18.2 Å². The molecule has 4 heteroatoms. The van der Waals surface area contributed by atoms with Crippen molar-refractivity contribution in [3.63, 3.8) is 0 Å². The minimum absolute atomic E-state index is 0.212. The van der Waals surface area contributed by atoms with Crippen molar-refractivity contribution in [1.82, 2.24) is 4.90 Å². The third-order valence-electron chi connectivity index (χ3n) is 3.64. The highest BCUT2D eigenvalue weighted by Gasteiger charge is 2.22. The fraction of sp³-hybridized carbons (Fsp3) is 0.571. The third kappa shape index (κ3) is 3.06. The summed E-state index contributed by atoms with van der Waals surface area (Å²) in [5, 5.41) is 9.98. The second kappa shape index (κ2) is 5.76. The van der Waals surface area contributed by atoms with Crippen LogP contribution in [0.4, 0.5) is 8.78 Å². The molecule has 0 aromatic heterocycles. The fourth-order valence-corrected chi connectivity index (χ4v) is 2.41. The summed E-state index contributed by atoms with van der Waals surface area (Å²) in [4.78, 5) is 2.07. The van der Waals surface area contributed by atoms with Crippen LogP contribution in [-0.2, 0) is 0 Å². The van der Waals surface area contributed by atoms with Crippen molar-refractivity contribution in [2.45, 2.75) is 25.9 Å². The van der Waals surface area contributed by atoms with Gasteiger partial charge >= 0.3 is 0 Å². The van der Waals surface area contributed by atoms with Crippen LogP contribution in [0.1, 0.15) is 31.4 Å². The van der Waals surface area contributed by atoms with E-state index < -0.39 is 17.7 Å². The summed E-state index contributed by atoms with van der Waals surface area (Å²) >= 11 is 0. The Kier molecular flexibility index (Phi) is 4.30. The van der Waals surface area contributed by atoms with Crippen LogP contribution in [0.2, 0.25) is 0 Å². The van der Waals surface area contributed by atoms with E-state index >= 15 is 0 Å². The van der Waals surface area contributed by atoms with Crippen molar-refractivity contribution in [2.75, 3.05) is 19.6 Å². The first kappa shape index (κ1) is 13.4. The lowest BCUT2D eigenvalue weighted by Gasteiger charge is -2.31. The molecule has 1 heterocycles. The van der Waals surface area contributed by atoms with Gasteiger partial charge in [0.15, 0.2) is 0 Å². The topological polar surface area (TPSA) is 23.5 Å². The molecule has 1 aromatic carbocycles. The maximum absolute atomic E-state index is 13.5. The number of β-amino-alcohol motifs (C(OH)–C–C–N with tert-alkyl or cyclic N) is 1. The van der Waals surface area contributed by atoms with E-state index in [4.69, 9.17) is 0 Å². The Morgan fingerprint density at radius 1 is 1.28 bits per heavy atom. The van der Waals surface area contributed by atoms with Crippen LogP contribution >= 0.6 is 0 Å². The number of piperidine rings is 1. The molecule has 2 rings (SSSR count). The van der Waals surface area contributed by atoms with Gasteiger partial charge in [0.1, 0.15) is 11.6 Å². The van der Waals surface area contributed by atoms with E-state index in [2.05, 4.69) is 11.8 Å². The highest BCUT2D eigenvalue weighted by atomic mass is 19.1. The summed E-state index contributed by atoms with van der Waals surface area (Å²) in [5.41, 5.74) is -0.212. The van der Waals surface area contributed by atoms with Gasteiger partial charge in [0, 0.05) is 6.54 Å². The van der Waals surface area contributed by atoms with Crippen molar-refractivity contribution < 1.29 is 13.9 Å². The molecule has 0 radical (unpaired) electrons. The zero-order valence-corrected chi connectivity index (χ0v) is 10.6. The summed E-state index contributed by atoms with van der Waals surface area (Å²) in [7, 11) is 0. The van der Waals surface area contributed by atoms with E-state index in [0.29, 0.717) is 12.5 Å². The summed E-state index contributed by atoms with van der Waals surface area (Å²) in [5.74, 6) is -0.649. The molecule has 0 saturated carbocycles. The Bertz CT molecular complexity index is 383. The summed E-state index contributed by atoms with van der Waals surface area (Å²) in [6.45, 7) is 4.26. The number of likely N-dealkylation sites (tertiary alicyclic amines) is 1. The number of aliphatic hydroxyl groups excluding tert-OH is 1. The molecule has 1 N–H and O–H groups in total. The summed E-state index contributed by atoms with van der Waals surface area (Å²) < 4.78 is 27.0. The molecule has 1 aliphatic rings. The Morgan fingerprint density at radius 2 is 1.83 bits per heavy atom.